The monoisotopic (exact) mass is 250 g/mol. The van der Waals surface area contributed by atoms with Crippen LogP contribution >= 0.6 is 15.9 Å². The van der Waals surface area contributed by atoms with Gasteiger partial charge in [0.05, 0.1) is 11.0 Å². The number of nitrogens with zero attached hydrogens (tertiary/aromatic N) is 2. The van der Waals surface area contributed by atoms with Gasteiger partial charge in [-0.15, -0.1) is 0 Å². The Kier molecular flexibility index (Phi) is 1.71. The number of benzene rings is 1. The van der Waals surface area contributed by atoms with Crippen molar-refractivity contribution in [2.75, 3.05) is 0 Å². The molecule has 3 heteroatoms. The number of imidazole rings is 1. The molecule has 0 N–H and O–H groups in total. The fourth-order valence-corrected chi connectivity index (χ4v) is 2.33. The maximum absolute atomic E-state index is 4.56. The molecule has 0 bridgehead atoms. The smallest absolute Gasteiger partial charge is 0.106 e. The molecular weight excluding hydrogens is 240 g/mol. The van der Waals surface area contributed by atoms with Gasteiger partial charge in [0.15, 0.2) is 0 Å². The molecule has 0 saturated heterocycles. The summed E-state index contributed by atoms with van der Waals surface area (Å²) >= 11 is 3.50. The van der Waals surface area contributed by atoms with E-state index in [2.05, 4.69) is 44.5 Å². The number of hydrogen-bond acceptors (Lipinski definition) is 1. The maximum Gasteiger partial charge on any atom is 0.106 e. The summed E-state index contributed by atoms with van der Waals surface area (Å²) < 4.78 is 3.49. The molecule has 1 saturated carbocycles. The Morgan fingerprint density at radius 3 is 2.93 bits per heavy atom. The summed E-state index contributed by atoms with van der Waals surface area (Å²) in [5.41, 5.74) is 2.37. The second-order valence-corrected chi connectivity index (χ2v) is 4.81. The van der Waals surface area contributed by atoms with Crippen LogP contribution in [0.1, 0.15) is 24.7 Å². The topological polar surface area (TPSA) is 17.8 Å². The summed E-state index contributed by atoms with van der Waals surface area (Å²) in [7, 11) is 0. The summed E-state index contributed by atoms with van der Waals surface area (Å²) in [4.78, 5) is 4.56. The molecule has 1 aliphatic carbocycles. The van der Waals surface area contributed by atoms with Gasteiger partial charge in [-0.05, 0) is 38.0 Å². The van der Waals surface area contributed by atoms with Crippen molar-refractivity contribution >= 4 is 27.0 Å². The first-order valence-corrected chi connectivity index (χ1v) is 5.69. The van der Waals surface area contributed by atoms with Crippen LogP contribution in [-0.2, 0) is 0 Å². The lowest BCUT2D eigenvalue weighted by Crippen LogP contribution is -1.95. The summed E-state index contributed by atoms with van der Waals surface area (Å²) in [6, 6.07) is 6.99. The predicted octanol–water partition coefficient (Wildman–Crippen LogP) is 3.44. The van der Waals surface area contributed by atoms with Gasteiger partial charge in [0.25, 0.3) is 0 Å². The number of halogens is 1. The van der Waals surface area contributed by atoms with E-state index in [9.17, 15) is 0 Å². The highest BCUT2D eigenvalue weighted by Gasteiger charge is 2.26. The second kappa shape index (κ2) is 2.83. The van der Waals surface area contributed by atoms with Gasteiger partial charge < -0.3 is 4.57 Å². The summed E-state index contributed by atoms with van der Waals surface area (Å²) in [5.74, 6) is 1.14. The van der Waals surface area contributed by atoms with E-state index in [0.717, 1.165) is 15.8 Å². The first-order chi connectivity index (χ1) is 6.75. The Morgan fingerprint density at radius 2 is 2.21 bits per heavy atom. The molecule has 0 spiro atoms. The molecule has 1 fully saturated rings. The highest BCUT2D eigenvalue weighted by molar-refractivity contribution is 9.10. The van der Waals surface area contributed by atoms with Crippen LogP contribution in [0.3, 0.4) is 0 Å². The van der Waals surface area contributed by atoms with Crippen LogP contribution in [0.25, 0.3) is 11.0 Å². The minimum absolute atomic E-state index is 0.703. The molecule has 14 heavy (non-hydrogen) atoms. The van der Waals surface area contributed by atoms with Crippen LogP contribution in [-0.4, -0.2) is 9.55 Å². The van der Waals surface area contributed by atoms with E-state index in [4.69, 9.17) is 0 Å². The molecule has 72 valence electrons. The Hall–Kier alpha value is -0.830. The lowest BCUT2D eigenvalue weighted by molar-refractivity contribution is 0.734. The third-order valence-corrected chi connectivity index (χ3v) is 3.23. The molecule has 1 aliphatic rings. The molecular formula is C11H11BrN2. The molecule has 2 nitrogen and oxygen atoms in total. The number of rotatable bonds is 1. The van der Waals surface area contributed by atoms with Crippen LogP contribution in [0.15, 0.2) is 22.7 Å². The minimum atomic E-state index is 0.703. The van der Waals surface area contributed by atoms with Gasteiger partial charge in [-0.3, -0.25) is 0 Å². The van der Waals surface area contributed by atoms with Gasteiger partial charge in [0.1, 0.15) is 5.82 Å². The normalized spacial score (nSPS) is 16.4. The van der Waals surface area contributed by atoms with Crippen molar-refractivity contribution in [2.45, 2.75) is 25.8 Å². The van der Waals surface area contributed by atoms with Gasteiger partial charge in [0, 0.05) is 10.5 Å². The highest BCUT2D eigenvalue weighted by atomic mass is 79.9. The van der Waals surface area contributed by atoms with Crippen molar-refractivity contribution in [1.29, 1.82) is 0 Å². The average Bonchev–Trinajstić information content (AvgIpc) is 2.90. The van der Waals surface area contributed by atoms with Crippen LogP contribution in [0.2, 0.25) is 0 Å². The number of hydrogen-bond donors (Lipinski definition) is 0. The van der Waals surface area contributed by atoms with Gasteiger partial charge in [-0.25, -0.2) is 4.98 Å². The number of aromatic nitrogens is 2. The fraction of sp³-hybridized carbons (Fsp3) is 0.364. The average molecular weight is 251 g/mol. The van der Waals surface area contributed by atoms with E-state index in [1.165, 1.54) is 18.4 Å². The van der Waals surface area contributed by atoms with E-state index in [1.807, 2.05) is 6.07 Å². The summed E-state index contributed by atoms with van der Waals surface area (Å²) in [5, 5.41) is 0. The third-order valence-electron chi connectivity index (χ3n) is 2.74. The number of aryl methyl sites for hydroxylation is 1. The van der Waals surface area contributed by atoms with Gasteiger partial charge in [0.2, 0.25) is 0 Å². The zero-order chi connectivity index (χ0) is 9.71. The van der Waals surface area contributed by atoms with Crippen LogP contribution in [0.4, 0.5) is 0 Å². The zero-order valence-corrected chi connectivity index (χ0v) is 9.58. The SMILES string of the molecule is Cc1nc2ccc(Br)cc2n1C1CC1. The van der Waals surface area contributed by atoms with Crippen LogP contribution < -0.4 is 0 Å². The molecule has 0 aliphatic heterocycles. The first-order valence-electron chi connectivity index (χ1n) is 4.90. The summed E-state index contributed by atoms with van der Waals surface area (Å²) in [6.45, 7) is 2.09. The van der Waals surface area contributed by atoms with Gasteiger partial charge in [-0.2, -0.15) is 0 Å². The van der Waals surface area contributed by atoms with E-state index < -0.39 is 0 Å². The summed E-state index contributed by atoms with van der Waals surface area (Å²) in [6.07, 6.45) is 2.61. The van der Waals surface area contributed by atoms with E-state index in [1.54, 1.807) is 0 Å². The van der Waals surface area contributed by atoms with Crippen molar-refractivity contribution < 1.29 is 0 Å². The zero-order valence-electron chi connectivity index (χ0n) is 8.00. The second-order valence-electron chi connectivity index (χ2n) is 3.89. The van der Waals surface area contributed by atoms with Crippen molar-refractivity contribution in [3.05, 3.63) is 28.5 Å². The highest BCUT2D eigenvalue weighted by Crippen LogP contribution is 2.38. The Balaban J connectivity index is 2.34. The Bertz CT molecular complexity index is 497. The fourth-order valence-electron chi connectivity index (χ4n) is 1.98. The molecule has 1 aromatic heterocycles. The maximum atomic E-state index is 4.56. The Labute approximate surface area is 91.1 Å². The molecule has 1 heterocycles. The van der Waals surface area contributed by atoms with Crippen molar-refractivity contribution in [3.8, 4) is 0 Å². The molecule has 0 amide bonds. The van der Waals surface area contributed by atoms with Crippen molar-refractivity contribution in [1.82, 2.24) is 9.55 Å². The Morgan fingerprint density at radius 1 is 1.43 bits per heavy atom. The van der Waals surface area contributed by atoms with Gasteiger partial charge in [-0.1, -0.05) is 15.9 Å². The minimum Gasteiger partial charge on any atom is -0.325 e. The van der Waals surface area contributed by atoms with Crippen LogP contribution in [0, 0.1) is 6.92 Å². The van der Waals surface area contributed by atoms with E-state index in [0.29, 0.717) is 6.04 Å². The lowest BCUT2D eigenvalue weighted by Gasteiger charge is -2.03. The van der Waals surface area contributed by atoms with E-state index >= 15 is 0 Å². The van der Waals surface area contributed by atoms with Gasteiger partial charge >= 0.3 is 0 Å². The third kappa shape index (κ3) is 1.19. The molecule has 1 aromatic carbocycles. The van der Waals surface area contributed by atoms with Crippen molar-refractivity contribution in [3.63, 3.8) is 0 Å². The lowest BCUT2D eigenvalue weighted by atomic mass is 10.3. The van der Waals surface area contributed by atoms with E-state index in [-0.39, 0.29) is 0 Å². The molecule has 0 radical (unpaired) electrons. The predicted molar refractivity (Wildman–Crippen MR) is 60.4 cm³/mol. The standard InChI is InChI=1S/C11H11BrN2/c1-7-13-10-5-2-8(12)6-11(10)14(7)9-3-4-9/h2,5-6,9H,3-4H2,1H3. The largest absolute Gasteiger partial charge is 0.325 e. The molecule has 3 rings (SSSR count). The quantitative estimate of drug-likeness (QED) is 0.759. The van der Waals surface area contributed by atoms with Crippen LogP contribution in [0.5, 0.6) is 0 Å². The first kappa shape index (κ1) is 8.48. The van der Waals surface area contributed by atoms with Crippen molar-refractivity contribution in [2.24, 2.45) is 0 Å². The molecule has 2 aromatic rings. The number of fused-ring (bicyclic) bond motifs is 1. The molecule has 0 atom stereocenters. The molecule has 0 unspecified atom stereocenters.